The minimum Gasteiger partial charge on any atom is -0.356 e. The van der Waals surface area contributed by atoms with Crippen LogP contribution in [0.1, 0.15) is 48.9 Å². The number of carbonyl (C=O) groups excluding carboxylic acids is 2. The monoisotopic (exact) mass is 408 g/mol. The summed E-state index contributed by atoms with van der Waals surface area (Å²) in [4.78, 5) is 24.9. The summed E-state index contributed by atoms with van der Waals surface area (Å²) < 4.78 is 0. The lowest BCUT2D eigenvalue weighted by Gasteiger charge is -2.21. The van der Waals surface area contributed by atoms with Gasteiger partial charge >= 0.3 is 0 Å². The third-order valence-corrected chi connectivity index (χ3v) is 5.32. The van der Waals surface area contributed by atoms with E-state index < -0.39 is 0 Å². The van der Waals surface area contributed by atoms with Crippen molar-refractivity contribution in [1.29, 1.82) is 0 Å². The van der Waals surface area contributed by atoms with E-state index >= 15 is 0 Å². The van der Waals surface area contributed by atoms with E-state index in [1.54, 1.807) is 0 Å². The van der Waals surface area contributed by atoms with Crippen molar-refractivity contribution in [1.82, 2.24) is 21.3 Å². The molecule has 2 aromatic carbocycles. The number of hydrogen-bond acceptors (Lipinski definition) is 4. The van der Waals surface area contributed by atoms with E-state index in [2.05, 4.69) is 21.3 Å². The first-order chi connectivity index (χ1) is 14.7. The van der Waals surface area contributed by atoms with Crippen LogP contribution in [-0.2, 0) is 9.59 Å². The van der Waals surface area contributed by atoms with Crippen LogP contribution in [0, 0.1) is 0 Å². The van der Waals surface area contributed by atoms with Crippen molar-refractivity contribution in [2.24, 2.45) is 0 Å². The first-order valence-corrected chi connectivity index (χ1v) is 10.8. The topological polar surface area (TPSA) is 82.3 Å². The first kappa shape index (κ1) is 22.0. The van der Waals surface area contributed by atoms with E-state index in [9.17, 15) is 9.59 Å². The molecule has 0 spiro atoms. The molecule has 0 saturated carbocycles. The Morgan fingerprint density at radius 2 is 0.967 bits per heavy atom. The van der Waals surface area contributed by atoms with E-state index in [0.717, 1.165) is 37.1 Å². The molecule has 0 radical (unpaired) electrons. The summed E-state index contributed by atoms with van der Waals surface area (Å²) in [7, 11) is 0. The van der Waals surface area contributed by atoms with Crippen LogP contribution in [-0.4, -0.2) is 38.0 Å². The van der Waals surface area contributed by atoms with Crippen LogP contribution in [0.5, 0.6) is 0 Å². The molecule has 0 bridgehead atoms. The Balaban J connectivity index is 1.61. The molecule has 2 amide bonds. The fourth-order valence-electron chi connectivity index (χ4n) is 3.69. The fraction of sp³-hybridized carbons (Fsp3) is 0.417. The molecule has 1 aliphatic rings. The van der Waals surface area contributed by atoms with Crippen molar-refractivity contribution in [3.63, 3.8) is 0 Å². The largest absolute Gasteiger partial charge is 0.356 e. The molecule has 2 aromatic rings. The van der Waals surface area contributed by atoms with Crippen LogP contribution in [0.25, 0.3) is 0 Å². The standard InChI is InChI=1S/C24H32N4O2/c29-23-17-21(19-9-3-1-4-10-19)25-13-7-15-28-24(30)18-22(26-14-8-16-27-23)20-11-5-2-6-12-20/h1-6,9-12,21-22,25-26H,7-8,13-18H2,(H,27,29)(H,28,30). The van der Waals surface area contributed by atoms with E-state index in [-0.39, 0.29) is 23.9 Å². The molecule has 1 fully saturated rings. The maximum atomic E-state index is 12.5. The van der Waals surface area contributed by atoms with Gasteiger partial charge in [0.2, 0.25) is 11.8 Å². The van der Waals surface area contributed by atoms with Gasteiger partial charge in [-0.2, -0.15) is 0 Å². The smallest absolute Gasteiger partial charge is 0.221 e. The van der Waals surface area contributed by atoms with Crippen LogP contribution < -0.4 is 21.3 Å². The predicted molar refractivity (Wildman–Crippen MR) is 119 cm³/mol. The zero-order valence-electron chi connectivity index (χ0n) is 17.4. The number of amides is 2. The average molecular weight is 409 g/mol. The summed E-state index contributed by atoms with van der Waals surface area (Å²) >= 11 is 0. The molecule has 6 nitrogen and oxygen atoms in total. The van der Waals surface area contributed by atoms with Crippen molar-refractivity contribution >= 4 is 11.8 Å². The number of carbonyl (C=O) groups is 2. The van der Waals surface area contributed by atoms with Gasteiger partial charge in [0, 0.05) is 38.0 Å². The Labute approximate surface area is 178 Å². The highest BCUT2D eigenvalue weighted by Crippen LogP contribution is 2.18. The van der Waals surface area contributed by atoms with Gasteiger partial charge in [0.1, 0.15) is 0 Å². The van der Waals surface area contributed by atoms with Gasteiger partial charge in [0.05, 0.1) is 0 Å². The lowest BCUT2D eigenvalue weighted by atomic mass is 10.0. The van der Waals surface area contributed by atoms with Gasteiger partial charge in [-0.1, -0.05) is 60.7 Å². The summed E-state index contributed by atoms with van der Waals surface area (Å²) in [5.74, 6) is 0.104. The second-order valence-electron chi connectivity index (χ2n) is 7.65. The maximum Gasteiger partial charge on any atom is 0.221 e. The van der Waals surface area contributed by atoms with Crippen molar-refractivity contribution in [2.75, 3.05) is 26.2 Å². The molecule has 0 aliphatic carbocycles. The van der Waals surface area contributed by atoms with Crippen LogP contribution in [0.2, 0.25) is 0 Å². The zero-order valence-corrected chi connectivity index (χ0v) is 17.4. The van der Waals surface area contributed by atoms with Gasteiger partial charge < -0.3 is 21.3 Å². The molecule has 1 heterocycles. The highest BCUT2D eigenvalue weighted by molar-refractivity contribution is 5.77. The van der Waals surface area contributed by atoms with E-state index in [4.69, 9.17) is 0 Å². The number of nitrogens with one attached hydrogen (secondary N) is 4. The summed E-state index contributed by atoms with van der Waals surface area (Å²) in [5, 5.41) is 13.0. The molecule has 2 atom stereocenters. The van der Waals surface area contributed by atoms with Gasteiger partial charge in [0.25, 0.3) is 0 Å². The third-order valence-electron chi connectivity index (χ3n) is 5.32. The van der Waals surface area contributed by atoms with Crippen molar-refractivity contribution in [3.8, 4) is 0 Å². The highest BCUT2D eigenvalue weighted by Gasteiger charge is 2.17. The number of benzene rings is 2. The quantitative estimate of drug-likeness (QED) is 0.615. The Hall–Kier alpha value is -2.70. The minimum absolute atomic E-state index is 0.0320. The summed E-state index contributed by atoms with van der Waals surface area (Å²) in [5.41, 5.74) is 2.20. The van der Waals surface area contributed by atoms with Crippen LogP contribution in [0.15, 0.2) is 60.7 Å². The molecule has 160 valence electrons. The van der Waals surface area contributed by atoms with Crippen molar-refractivity contribution < 1.29 is 9.59 Å². The van der Waals surface area contributed by atoms with Crippen LogP contribution >= 0.6 is 0 Å². The van der Waals surface area contributed by atoms with Crippen molar-refractivity contribution in [2.45, 2.75) is 37.8 Å². The second-order valence-corrected chi connectivity index (χ2v) is 7.65. The molecule has 3 rings (SSSR count). The third kappa shape index (κ3) is 7.28. The molecule has 30 heavy (non-hydrogen) atoms. The van der Waals surface area contributed by atoms with Gasteiger partial charge in [0.15, 0.2) is 0 Å². The minimum atomic E-state index is -0.0320. The molecule has 1 saturated heterocycles. The number of rotatable bonds is 2. The van der Waals surface area contributed by atoms with E-state index in [1.165, 1.54) is 0 Å². The lowest BCUT2D eigenvalue weighted by Crippen LogP contribution is -2.36. The van der Waals surface area contributed by atoms with Gasteiger partial charge in [-0.25, -0.2) is 0 Å². The summed E-state index contributed by atoms with van der Waals surface area (Å²) in [6.45, 7) is 2.68. The van der Waals surface area contributed by atoms with E-state index in [0.29, 0.717) is 25.9 Å². The average Bonchev–Trinajstić information content (AvgIpc) is 2.77. The van der Waals surface area contributed by atoms with Gasteiger partial charge in [-0.3, -0.25) is 9.59 Å². The fourth-order valence-corrected chi connectivity index (χ4v) is 3.69. The maximum absolute atomic E-state index is 12.5. The molecular weight excluding hydrogens is 376 g/mol. The molecule has 0 aromatic heterocycles. The van der Waals surface area contributed by atoms with Crippen LogP contribution in [0.4, 0.5) is 0 Å². The molecule has 2 unspecified atom stereocenters. The van der Waals surface area contributed by atoms with Gasteiger partial charge in [-0.05, 0) is 37.1 Å². The highest BCUT2D eigenvalue weighted by atomic mass is 16.2. The number of hydrogen-bond donors (Lipinski definition) is 4. The van der Waals surface area contributed by atoms with Crippen molar-refractivity contribution in [3.05, 3.63) is 71.8 Å². The summed E-state index contributed by atoms with van der Waals surface area (Å²) in [6.07, 6.45) is 2.41. The van der Waals surface area contributed by atoms with Crippen LogP contribution in [0.3, 0.4) is 0 Å². The van der Waals surface area contributed by atoms with Gasteiger partial charge in [-0.15, -0.1) is 0 Å². The zero-order chi connectivity index (χ0) is 21.0. The molecule has 1 aliphatic heterocycles. The summed E-state index contributed by atoms with van der Waals surface area (Å²) in [6, 6.07) is 20.0. The first-order valence-electron chi connectivity index (χ1n) is 10.8. The SMILES string of the molecule is O=C1CC(c2ccccc2)NCCCNC(=O)CC(c2ccccc2)NCCCN1. The lowest BCUT2D eigenvalue weighted by molar-refractivity contribution is -0.122. The Bertz CT molecular complexity index is 715. The Morgan fingerprint density at radius 1 is 0.567 bits per heavy atom. The van der Waals surface area contributed by atoms with E-state index in [1.807, 2.05) is 60.7 Å². The Morgan fingerprint density at radius 3 is 1.37 bits per heavy atom. The normalized spacial score (nSPS) is 22.7. The molecular formula is C24H32N4O2. The predicted octanol–water partition coefficient (Wildman–Crippen LogP) is 2.45. The Kier molecular flexibility index (Phi) is 8.87. The second kappa shape index (κ2) is 12.1. The molecule has 4 N–H and O–H groups in total. The molecule has 6 heteroatoms.